The summed E-state index contributed by atoms with van der Waals surface area (Å²) in [5.74, 6) is 0.477. The molecule has 0 bridgehead atoms. The van der Waals surface area contributed by atoms with E-state index in [1.807, 2.05) is 25.1 Å². The molecular formula is C17H19BrFNO. The first-order chi connectivity index (χ1) is 9.99. The van der Waals surface area contributed by atoms with Gasteiger partial charge in [-0.1, -0.05) is 40.5 Å². The van der Waals surface area contributed by atoms with E-state index in [1.54, 1.807) is 12.1 Å². The molecule has 0 fully saturated rings. The molecule has 0 saturated heterocycles. The van der Waals surface area contributed by atoms with Gasteiger partial charge in [0.1, 0.15) is 5.75 Å². The molecule has 0 spiro atoms. The minimum absolute atomic E-state index is 0.0708. The molecule has 2 rings (SSSR count). The van der Waals surface area contributed by atoms with Crippen molar-refractivity contribution in [3.05, 3.63) is 57.8 Å². The summed E-state index contributed by atoms with van der Waals surface area (Å²) in [4.78, 5) is 0. The van der Waals surface area contributed by atoms with Gasteiger partial charge in [0.15, 0.2) is 11.6 Å². The highest BCUT2D eigenvalue weighted by Gasteiger charge is 2.12. The molecule has 0 amide bonds. The average molecular weight is 352 g/mol. The highest BCUT2D eigenvalue weighted by molar-refractivity contribution is 9.10. The number of benzene rings is 2. The van der Waals surface area contributed by atoms with Gasteiger partial charge in [-0.3, -0.25) is 0 Å². The van der Waals surface area contributed by atoms with E-state index in [-0.39, 0.29) is 17.6 Å². The zero-order valence-electron chi connectivity index (χ0n) is 12.2. The van der Waals surface area contributed by atoms with Crippen molar-refractivity contribution in [1.29, 1.82) is 0 Å². The number of hydrogen-bond acceptors (Lipinski definition) is 2. The first-order valence-corrected chi connectivity index (χ1v) is 7.77. The summed E-state index contributed by atoms with van der Waals surface area (Å²) < 4.78 is 20.4. The van der Waals surface area contributed by atoms with Crippen LogP contribution in [0, 0.1) is 12.7 Å². The lowest BCUT2D eigenvalue weighted by atomic mass is 10.0. The average Bonchev–Trinajstić information content (AvgIpc) is 2.45. The fourth-order valence-corrected chi connectivity index (χ4v) is 2.41. The third kappa shape index (κ3) is 4.29. The number of aryl methyl sites for hydroxylation is 1. The normalized spacial score (nSPS) is 12.2. The Hall–Kier alpha value is -1.39. The summed E-state index contributed by atoms with van der Waals surface area (Å²) in [6, 6.07) is 10.6. The highest BCUT2D eigenvalue weighted by Crippen LogP contribution is 2.31. The van der Waals surface area contributed by atoms with Crippen LogP contribution in [0.4, 0.5) is 4.39 Å². The third-order valence-corrected chi connectivity index (χ3v) is 3.83. The fourth-order valence-electron chi connectivity index (χ4n) is 2.07. The van der Waals surface area contributed by atoms with Gasteiger partial charge in [0, 0.05) is 10.5 Å². The zero-order valence-corrected chi connectivity index (χ0v) is 13.8. The van der Waals surface area contributed by atoms with E-state index in [2.05, 4.69) is 22.9 Å². The van der Waals surface area contributed by atoms with Gasteiger partial charge >= 0.3 is 0 Å². The molecule has 1 unspecified atom stereocenters. The minimum atomic E-state index is -0.385. The summed E-state index contributed by atoms with van der Waals surface area (Å²) in [6.07, 6.45) is 1.60. The molecular weight excluding hydrogens is 333 g/mol. The Labute approximate surface area is 133 Å². The van der Waals surface area contributed by atoms with Crippen LogP contribution in [-0.2, 0) is 6.42 Å². The molecule has 0 radical (unpaired) electrons. The number of ether oxygens (including phenoxy) is 1. The molecule has 0 heterocycles. The van der Waals surface area contributed by atoms with E-state index in [0.29, 0.717) is 12.2 Å². The maximum Gasteiger partial charge on any atom is 0.165 e. The van der Waals surface area contributed by atoms with Crippen molar-refractivity contribution in [2.24, 2.45) is 5.73 Å². The smallest absolute Gasteiger partial charge is 0.165 e. The van der Waals surface area contributed by atoms with Crippen LogP contribution in [0.15, 0.2) is 40.9 Å². The van der Waals surface area contributed by atoms with Gasteiger partial charge in [0.25, 0.3) is 0 Å². The fraction of sp³-hybridized carbons (Fsp3) is 0.294. The largest absolute Gasteiger partial charge is 0.454 e. The molecule has 1 atom stereocenters. The SMILES string of the molecule is CCC(N)Cc1cc(C)ccc1Oc1cc(Br)ccc1F. The van der Waals surface area contributed by atoms with Gasteiger partial charge in [0.2, 0.25) is 0 Å². The first-order valence-electron chi connectivity index (χ1n) is 6.97. The lowest BCUT2D eigenvalue weighted by Crippen LogP contribution is -2.21. The second-order valence-electron chi connectivity index (χ2n) is 5.16. The van der Waals surface area contributed by atoms with Gasteiger partial charge < -0.3 is 10.5 Å². The molecule has 2 aromatic carbocycles. The summed E-state index contributed by atoms with van der Waals surface area (Å²) >= 11 is 3.32. The van der Waals surface area contributed by atoms with Crippen LogP contribution in [0.25, 0.3) is 0 Å². The van der Waals surface area contributed by atoms with Gasteiger partial charge in [0.05, 0.1) is 0 Å². The van der Waals surface area contributed by atoms with Crippen LogP contribution in [0.3, 0.4) is 0 Å². The van der Waals surface area contributed by atoms with Crippen molar-refractivity contribution < 1.29 is 9.13 Å². The minimum Gasteiger partial charge on any atom is -0.454 e. The van der Waals surface area contributed by atoms with Crippen molar-refractivity contribution in [1.82, 2.24) is 0 Å². The van der Waals surface area contributed by atoms with E-state index in [1.165, 1.54) is 6.07 Å². The van der Waals surface area contributed by atoms with Crippen LogP contribution < -0.4 is 10.5 Å². The van der Waals surface area contributed by atoms with Gasteiger partial charge in [-0.25, -0.2) is 4.39 Å². The molecule has 21 heavy (non-hydrogen) atoms. The van der Waals surface area contributed by atoms with E-state index in [4.69, 9.17) is 10.5 Å². The molecule has 2 nitrogen and oxygen atoms in total. The second-order valence-corrected chi connectivity index (χ2v) is 6.08. The Morgan fingerprint density at radius 3 is 2.67 bits per heavy atom. The Morgan fingerprint density at radius 2 is 1.95 bits per heavy atom. The predicted octanol–water partition coefficient (Wildman–Crippen LogP) is 4.97. The molecule has 0 aliphatic rings. The molecule has 0 aliphatic carbocycles. The Balaban J connectivity index is 2.32. The van der Waals surface area contributed by atoms with Crippen LogP contribution in [0.2, 0.25) is 0 Å². The number of hydrogen-bond donors (Lipinski definition) is 1. The van der Waals surface area contributed by atoms with Crippen LogP contribution in [-0.4, -0.2) is 6.04 Å². The molecule has 0 aromatic heterocycles. The Morgan fingerprint density at radius 1 is 1.19 bits per heavy atom. The van der Waals surface area contributed by atoms with E-state index < -0.39 is 0 Å². The number of nitrogens with two attached hydrogens (primary N) is 1. The predicted molar refractivity (Wildman–Crippen MR) is 87.3 cm³/mol. The molecule has 0 saturated carbocycles. The topological polar surface area (TPSA) is 35.2 Å². The lowest BCUT2D eigenvalue weighted by Gasteiger charge is -2.15. The van der Waals surface area contributed by atoms with Gasteiger partial charge in [-0.05, 0) is 49.6 Å². The first kappa shape index (κ1) is 16.0. The summed E-state index contributed by atoms with van der Waals surface area (Å²) in [5, 5.41) is 0. The van der Waals surface area contributed by atoms with Gasteiger partial charge in [-0.2, -0.15) is 0 Å². The van der Waals surface area contributed by atoms with Crippen molar-refractivity contribution in [3.63, 3.8) is 0 Å². The molecule has 112 valence electrons. The molecule has 0 aliphatic heterocycles. The molecule has 2 aromatic rings. The van der Waals surface area contributed by atoms with Crippen molar-refractivity contribution >= 4 is 15.9 Å². The molecule has 2 N–H and O–H groups in total. The highest BCUT2D eigenvalue weighted by atomic mass is 79.9. The van der Waals surface area contributed by atoms with Crippen molar-refractivity contribution in [2.45, 2.75) is 32.7 Å². The maximum absolute atomic E-state index is 13.8. The Bertz CT molecular complexity index is 630. The van der Waals surface area contributed by atoms with Gasteiger partial charge in [-0.15, -0.1) is 0 Å². The van der Waals surface area contributed by atoms with Crippen LogP contribution in [0.5, 0.6) is 11.5 Å². The maximum atomic E-state index is 13.8. The zero-order chi connectivity index (χ0) is 15.4. The monoisotopic (exact) mass is 351 g/mol. The third-order valence-electron chi connectivity index (χ3n) is 3.34. The Kier molecular flexibility index (Phi) is 5.37. The van der Waals surface area contributed by atoms with E-state index in [9.17, 15) is 4.39 Å². The summed E-state index contributed by atoms with van der Waals surface area (Å²) in [6.45, 7) is 4.07. The van der Waals surface area contributed by atoms with Crippen LogP contribution in [0.1, 0.15) is 24.5 Å². The standard InChI is InChI=1S/C17H19BrFNO/c1-3-14(20)9-12-8-11(2)4-7-16(12)21-17-10-13(18)5-6-15(17)19/h4-8,10,14H,3,9,20H2,1-2H3. The lowest BCUT2D eigenvalue weighted by molar-refractivity contribution is 0.435. The van der Waals surface area contributed by atoms with E-state index in [0.717, 1.165) is 22.0 Å². The quantitative estimate of drug-likeness (QED) is 0.825. The van der Waals surface area contributed by atoms with Crippen molar-refractivity contribution in [2.75, 3.05) is 0 Å². The van der Waals surface area contributed by atoms with Crippen LogP contribution >= 0.6 is 15.9 Å². The molecule has 4 heteroatoms. The summed E-state index contributed by atoms with van der Waals surface area (Å²) in [7, 11) is 0. The van der Waals surface area contributed by atoms with Crippen molar-refractivity contribution in [3.8, 4) is 11.5 Å². The second kappa shape index (κ2) is 7.05. The van der Waals surface area contributed by atoms with E-state index >= 15 is 0 Å². The number of halogens is 2. The number of rotatable bonds is 5. The summed E-state index contributed by atoms with van der Waals surface area (Å²) in [5.41, 5.74) is 8.17.